The van der Waals surface area contributed by atoms with Crippen molar-refractivity contribution in [1.82, 2.24) is 5.32 Å². The molecule has 1 unspecified atom stereocenters. The summed E-state index contributed by atoms with van der Waals surface area (Å²) in [6.07, 6.45) is 2.96. The molecule has 0 spiro atoms. The molecule has 1 rings (SSSR count). The molecule has 4 heteroatoms. The molecule has 0 saturated heterocycles. The average molecular weight is 266 g/mol. The molecule has 0 fully saturated rings. The Bertz CT molecular complexity index is 415. The number of amides is 1. The third kappa shape index (κ3) is 4.99. The van der Waals surface area contributed by atoms with Crippen molar-refractivity contribution in [3.63, 3.8) is 0 Å². The van der Waals surface area contributed by atoms with Gasteiger partial charge in [0.15, 0.2) is 0 Å². The highest BCUT2D eigenvalue weighted by atomic mass is 19.1. The summed E-state index contributed by atoms with van der Waals surface area (Å²) < 4.78 is 13.6. The molecule has 0 aromatic heterocycles. The van der Waals surface area contributed by atoms with Gasteiger partial charge in [-0.3, -0.25) is 4.79 Å². The van der Waals surface area contributed by atoms with Gasteiger partial charge in [0.2, 0.25) is 0 Å². The maximum absolute atomic E-state index is 13.6. The fourth-order valence-corrected chi connectivity index (χ4v) is 2.14. The van der Waals surface area contributed by atoms with Crippen molar-refractivity contribution in [2.45, 2.75) is 33.1 Å². The summed E-state index contributed by atoms with van der Waals surface area (Å²) in [5, 5.41) is 2.80. The van der Waals surface area contributed by atoms with Gasteiger partial charge in [-0.15, -0.1) is 0 Å². The third-order valence-corrected chi connectivity index (χ3v) is 3.19. The van der Waals surface area contributed by atoms with E-state index in [1.165, 1.54) is 6.07 Å². The van der Waals surface area contributed by atoms with Gasteiger partial charge >= 0.3 is 0 Å². The van der Waals surface area contributed by atoms with Gasteiger partial charge in [0.1, 0.15) is 5.82 Å². The van der Waals surface area contributed by atoms with Crippen molar-refractivity contribution in [3.8, 4) is 0 Å². The molecule has 0 aliphatic heterocycles. The molecule has 0 aliphatic carbocycles. The third-order valence-electron chi connectivity index (χ3n) is 3.19. The molecule has 0 aliphatic rings. The minimum absolute atomic E-state index is 0.114. The standard InChI is InChI=1S/C15H23FN2O/c1-3-4-12(7-8-17)10-18-15(19)13-9-11(2)5-6-14(13)16/h5-6,9,12H,3-4,7-8,10,17H2,1-2H3,(H,18,19). The van der Waals surface area contributed by atoms with E-state index in [0.717, 1.165) is 24.8 Å². The summed E-state index contributed by atoms with van der Waals surface area (Å²) in [5.74, 6) is -0.458. The molecule has 3 N–H and O–H groups in total. The van der Waals surface area contributed by atoms with Crippen molar-refractivity contribution in [1.29, 1.82) is 0 Å². The normalized spacial score (nSPS) is 12.2. The van der Waals surface area contributed by atoms with Crippen molar-refractivity contribution < 1.29 is 9.18 Å². The molecular formula is C15H23FN2O. The van der Waals surface area contributed by atoms with Crippen molar-refractivity contribution in [3.05, 3.63) is 35.1 Å². The number of carbonyl (C=O) groups excluding carboxylic acids is 1. The van der Waals surface area contributed by atoms with Crippen molar-refractivity contribution >= 4 is 5.91 Å². The fraction of sp³-hybridized carbons (Fsp3) is 0.533. The lowest BCUT2D eigenvalue weighted by molar-refractivity contribution is 0.0941. The van der Waals surface area contributed by atoms with Crippen LogP contribution in [0.25, 0.3) is 0 Å². The van der Waals surface area contributed by atoms with E-state index in [0.29, 0.717) is 19.0 Å². The first-order valence-electron chi connectivity index (χ1n) is 6.82. The second kappa shape index (κ2) is 7.89. The number of aryl methyl sites for hydroxylation is 1. The predicted molar refractivity (Wildman–Crippen MR) is 75.5 cm³/mol. The van der Waals surface area contributed by atoms with Crippen LogP contribution in [0, 0.1) is 18.7 Å². The zero-order valence-electron chi connectivity index (χ0n) is 11.7. The lowest BCUT2D eigenvalue weighted by Gasteiger charge is -2.16. The van der Waals surface area contributed by atoms with E-state index < -0.39 is 5.82 Å². The highest BCUT2D eigenvalue weighted by molar-refractivity contribution is 5.94. The maximum Gasteiger partial charge on any atom is 0.254 e. The van der Waals surface area contributed by atoms with E-state index in [4.69, 9.17) is 5.73 Å². The van der Waals surface area contributed by atoms with Gasteiger partial charge < -0.3 is 11.1 Å². The second-order valence-corrected chi connectivity index (χ2v) is 4.93. The summed E-state index contributed by atoms with van der Waals surface area (Å²) in [6.45, 7) is 5.10. The smallest absolute Gasteiger partial charge is 0.254 e. The van der Waals surface area contributed by atoms with Crippen LogP contribution < -0.4 is 11.1 Å². The van der Waals surface area contributed by atoms with Gasteiger partial charge in [-0.05, 0) is 44.4 Å². The molecule has 0 radical (unpaired) electrons. The summed E-state index contributed by atoms with van der Waals surface area (Å²) in [7, 11) is 0. The summed E-state index contributed by atoms with van der Waals surface area (Å²) in [6, 6.07) is 4.55. The number of halogens is 1. The van der Waals surface area contributed by atoms with Crippen LogP contribution in [0.4, 0.5) is 4.39 Å². The highest BCUT2D eigenvalue weighted by Gasteiger charge is 2.14. The largest absolute Gasteiger partial charge is 0.352 e. The number of nitrogens with one attached hydrogen (secondary N) is 1. The lowest BCUT2D eigenvalue weighted by Crippen LogP contribution is -2.31. The topological polar surface area (TPSA) is 55.1 Å². The molecule has 106 valence electrons. The lowest BCUT2D eigenvalue weighted by atomic mass is 9.99. The molecule has 1 amide bonds. The first-order chi connectivity index (χ1) is 9.08. The Morgan fingerprint density at radius 3 is 2.79 bits per heavy atom. The van der Waals surface area contributed by atoms with Gasteiger partial charge in [0, 0.05) is 6.54 Å². The van der Waals surface area contributed by atoms with Gasteiger partial charge in [-0.2, -0.15) is 0 Å². The first-order valence-corrected chi connectivity index (χ1v) is 6.82. The SMILES string of the molecule is CCCC(CCN)CNC(=O)c1cc(C)ccc1F. The molecule has 0 heterocycles. The van der Waals surface area contributed by atoms with Crippen molar-refractivity contribution in [2.24, 2.45) is 11.7 Å². The molecule has 3 nitrogen and oxygen atoms in total. The van der Waals surface area contributed by atoms with E-state index in [2.05, 4.69) is 12.2 Å². The molecule has 19 heavy (non-hydrogen) atoms. The Hall–Kier alpha value is -1.42. The van der Waals surface area contributed by atoms with Crippen LogP contribution in [0.5, 0.6) is 0 Å². The number of rotatable bonds is 7. The van der Waals surface area contributed by atoms with E-state index in [-0.39, 0.29) is 11.5 Å². The molecule has 0 bridgehead atoms. The minimum Gasteiger partial charge on any atom is -0.352 e. The number of carbonyl (C=O) groups is 1. The van der Waals surface area contributed by atoms with Gasteiger partial charge in [0.05, 0.1) is 5.56 Å². The van der Waals surface area contributed by atoms with Crippen LogP contribution in [-0.2, 0) is 0 Å². The van der Waals surface area contributed by atoms with Crippen LogP contribution in [0.15, 0.2) is 18.2 Å². The second-order valence-electron chi connectivity index (χ2n) is 4.93. The molecule has 0 saturated carbocycles. The van der Waals surface area contributed by atoms with E-state index >= 15 is 0 Å². The van der Waals surface area contributed by atoms with Crippen molar-refractivity contribution in [2.75, 3.05) is 13.1 Å². The van der Waals surface area contributed by atoms with Crippen LogP contribution in [0.3, 0.4) is 0 Å². The average Bonchev–Trinajstić information content (AvgIpc) is 2.39. The van der Waals surface area contributed by atoms with Crippen LogP contribution in [0.1, 0.15) is 42.1 Å². The number of benzene rings is 1. The number of hydrogen-bond donors (Lipinski definition) is 2. The summed E-state index contributed by atoms with van der Waals surface area (Å²) in [4.78, 5) is 11.9. The van der Waals surface area contributed by atoms with Crippen LogP contribution in [0.2, 0.25) is 0 Å². The summed E-state index contributed by atoms with van der Waals surface area (Å²) >= 11 is 0. The Labute approximate surface area is 114 Å². The maximum atomic E-state index is 13.6. The molecule has 1 atom stereocenters. The van der Waals surface area contributed by atoms with Crippen LogP contribution in [-0.4, -0.2) is 19.0 Å². The van der Waals surface area contributed by atoms with E-state index in [1.807, 2.05) is 6.92 Å². The quantitative estimate of drug-likeness (QED) is 0.797. The predicted octanol–water partition coefficient (Wildman–Crippen LogP) is 2.63. The Morgan fingerprint density at radius 1 is 1.42 bits per heavy atom. The number of nitrogens with two attached hydrogens (primary N) is 1. The highest BCUT2D eigenvalue weighted by Crippen LogP contribution is 2.12. The Morgan fingerprint density at radius 2 is 2.16 bits per heavy atom. The van der Waals surface area contributed by atoms with Crippen LogP contribution >= 0.6 is 0 Å². The molecule has 1 aromatic carbocycles. The zero-order chi connectivity index (χ0) is 14.3. The van der Waals surface area contributed by atoms with E-state index in [1.54, 1.807) is 12.1 Å². The Balaban J connectivity index is 2.61. The molecular weight excluding hydrogens is 243 g/mol. The first kappa shape index (κ1) is 15.6. The van der Waals surface area contributed by atoms with Gasteiger partial charge in [0.25, 0.3) is 5.91 Å². The monoisotopic (exact) mass is 266 g/mol. The molecule has 1 aromatic rings. The Kier molecular flexibility index (Phi) is 6.50. The fourth-order valence-electron chi connectivity index (χ4n) is 2.14. The summed E-state index contributed by atoms with van der Waals surface area (Å²) in [5.41, 5.74) is 6.54. The number of hydrogen-bond acceptors (Lipinski definition) is 2. The minimum atomic E-state index is -0.478. The van der Waals surface area contributed by atoms with E-state index in [9.17, 15) is 9.18 Å². The zero-order valence-corrected chi connectivity index (χ0v) is 11.7. The van der Waals surface area contributed by atoms with Gasteiger partial charge in [-0.1, -0.05) is 25.0 Å². The van der Waals surface area contributed by atoms with Gasteiger partial charge in [-0.25, -0.2) is 4.39 Å².